The molecule has 0 spiro atoms. The van der Waals surface area contributed by atoms with Gasteiger partial charge in [-0.25, -0.2) is 0 Å². The van der Waals surface area contributed by atoms with Crippen molar-refractivity contribution < 1.29 is 0 Å². The third-order valence-electron chi connectivity index (χ3n) is 4.42. The lowest BCUT2D eigenvalue weighted by molar-refractivity contribution is 0.327. The van der Waals surface area contributed by atoms with E-state index in [9.17, 15) is 4.79 Å². The molecule has 1 aromatic carbocycles. The highest BCUT2D eigenvalue weighted by atomic mass is 35.5. The number of likely N-dealkylation sites (tertiary alicyclic amines) is 1. The van der Waals surface area contributed by atoms with E-state index in [2.05, 4.69) is 15.0 Å². The summed E-state index contributed by atoms with van der Waals surface area (Å²) in [7, 11) is 1.87. The van der Waals surface area contributed by atoms with E-state index in [4.69, 9.17) is 11.6 Å². The van der Waals surface area contributed by atoms with Crippen molar-refractivity contribution in [2.24, 2.45) is 7.05 Å². The number of rotatable bonds is 2. The summed E-state index contributed by atoms with van der Waals surface area (Å²) >= 11 is 6.04. The Bertz CT molecular complexity index is 921. The van der Waals surface area contributed by atoms with E-state index in [1.54, 1.807) is 10.7 Å². The summed E-state index contributed by atoms with van der Waals surface area (Å²) < 4.78 is 1.76. The Morgan fingerprint density at radius 1 is 1.27 bits per heavy atom. The maximum atomic E-state index is 12.3. The van der Waals surface area contributed by atoms with Gasteiger partial charge in [0.05, 0.1) is 5.69 Å². The van der Waals surface area contributed by atoms with Crippen LogP contribution in [0.25, 0.3) is 21.8 Å². The molecule has 0 radical (unpaired) electrons. The molecule has 0 saturated carbocycles. The maximum Gasteiger partial charge on any atom is 0.257 e. The fraction of sp³-hybridized carbons (Fsp3) is 0.375. The molecule has 0 amide bonds. The average molecular weight is 317 g/mol. The lowest BCUT2D eigenvalue weighted by atomic mass is 10.1. The third kappa shape index (κ3) is 2.12. The van der Waals surface area contributed by atoms with Gasteiger partial charge in [-0.15, -0.1) is 0 Å². The number of benzene rings is 1. The van der Waals surface area contributed by atoms with Crippen LogP contribution in [0.15, 0.2) is 23.0 Å². The molecule has 4 rings (SSSR count). The monoisotopic (exact) mass is 316 g/mol. The van der Waals surface area contributed by atoms with Crippen molar-refractivity contribution in [1.82, 2.24) is 19.7 Å². The predicted molar refractivity (Wildman–Crippen MR) is 88.4 cm³/mol. The summed E-state index contributed by atoms with van der Waals surface area (Å²) in [6.45, 7) is 3.05. The first-order valence-electron chi connectivity index (χ1n) is 7.53. The average Bonchev–Trinajstić information content (AvgIpc) is 3.09. The van der Waals surface area contributed by atoms with Gasteiger partial charge in [-0.05, 0) is 38.1 Å². The molecule has 1 saturated heterocycles. The van der Waals surface area contributed by atoms with Crippen LogP contribution in [0.2, 0.25) is 5.02 Å². The number of nitrogens with one attached hydrogen (secondary N) is 1. The number of aromatic nitrogens is 3. The van der Waals surface area contributed by atoms with Gasteiger partial charge < -0.3 is 4.98 Å². The maximum absolute atomic E-state index is 12.3. The zero-order chi connectivity index (χ0) is 15.3. The van der Waals surface area contributed by atoms with E-state index in [0.29, 0.717) is 10.4 Å². The number of nitrogens with zero attached hydrogens (tertiary/aromatic N) is 3. The molecule has 0 atom stereocenters. The Morgan fingerprint density at radius 2 is 2.05 bits per heavy atom. The highest BCUT2D eigenvalue weighted by Gasteiger charge is 2.19. The second-order valence-corrected chi connectivity index (χ2v) is 6.36. The van der Waals surface area contributed by atoms with Gasteiger partial charge in [0.2, 0.25) is 0 Å². The molecule has 6 heteroatoms. The summed E-state index contributed by atoms with van der Waals surface area (Å²) in [5, 5.41) is 7.78. The number of H-pyrrole nitrogens is 1. The van der Waals surface area contributed by atoms with Crippen molar-refractivity contribution in [2.45, 2.75) is 19.4 Å². The molecule has 1 aliphatic heterocycles. The Kier molecular flexibility index (Phi) is 3.20. The molecule has 0 unspecified atom stereocenters. The number of aromatic amines is 1. The lowest BCUT2D eigenvalue weighted by Gasteiger charge is -2.12. The molecule has 1 aliphatic rings. The summed E-state index contributed by atoms with van der Waals surface area (Å²) in [5.74, 6) is 0. The molecule has 0 aliphatic carbocycles. The fourth-order valence-electron chi connectivity index (χ4n) is 3.37. The first kappa shape index (κ1) is 13.8. The van der Waals surface area contributed by atoms with E-state index < -0.39 is 0 Å². The van der Waals surface area contributed by atoms with E-state index >= 15 is 0 Å². The van der Waals surface area contributed by atoms with Crippen LogP contribution < -0.4 is 5.56 Å². The molecule has 1 fully saturated rings. The quantitative estimate of drug-likeness (QED) is 0.791. The summed E-state index contributed by atoms with van der Waals surface area (Å²) in [5.41, 5.74) is 1.66. The molecule has 22 heavy (non-hydrogen) atoms. The molecule has 114 valence electrons. The normalized spacial score (nSPS) is 16.1. The van der Waals surface area contributed by atoms with Crippen LogP contribution in [0.5, 0.6) is 0 Å². The van der Waals surface area contributed by atoms with Crippen LogP contribution in [0.1, 0.15) is 18.5 Å². The van der Waals surface area contributed by atoms with Gasteiger partial charge in [0, 0.05) is 34.8 Å². The van der Waals surface area contributed by atoms with Crippen LogP contribution in [0.4, 0.5) is 0 Å². The number of aryl methyl sites for hydroxylation is 1. The molecule has 3 aromatic rings. The van der Waals surface area contributed by atoms with E-state index in [1.165, 1.54) is 12.8 Å². The standard InChI is InChI=1S/C16H17ClN4O/c1-20-15-14(13(19-20)9-21-6-2-3-7-21)11-5-4-10(17)8-12(11)16(22)18-15/h4-5,8H,2-3,6-7,9H2,1H3,(H,18,22). The third-order valence-corrected chi connectivity index (χ3v) is 4.65. The summed E-state index contributed by atoms with van der Waals surface area (Å²) in [4.78, 5) is 17.6. The largest absolute Gasteiger partial charge is 0.306 e. The van der Waals surface area contributed by atoms with Crippen LogP contribution in [-0.4, -0.2) is 32.8 Å². The zero-order valence-corrected chi connectivity index (χ0v) is 13.2. The second kappa shape index (κ2) is 5.11. The molecular weight excluding hydrogens is 300 g/mol. The van der Waals surface area contributed by atoms with Crippen molar-refractivity contribution >= 4 is 33.4 Å². The second-order valence-electron chi connectivity index (χ2n) is 5.92. The van der Waals surface area contributed by atoms with Gasteiger partial charge >= 0.3 is 0 Å². The summed E-state index contributed by atoms with van der Waals surface area (Å²) in [6.07, 6.45) is 2.50. The number of hydrogen-bond donors (Lipinski definition) is 1. The van der Waals surface area contributed by atoms with E-state index in [-0.39, 0.29) is 5.56 Å². The smallest absolute Gasteiger partial charge is 0.257 e. The molecule has 3 heterocycles. The number of hydrogen-bond acceptors (Lipinski definition) is 3. The first-order valence-corrected chi connectivity index (χ1v) is 7.91. The molecule has 5 nitrogen and oxygen atoms in total. The van der Waals surface area contributed by atoms with E-state index in [0.717, 1.165) is 41.7 Å². The number of pyridine rings is 1. The SMILES string of the molecule is Cn1nc(CN2CCCC2)c2c3ccc(Cl)cc3c(=O)[nH]c21. The minimum absolute atomic E-state index is 0.124. The van der Waals surface area contributed by atoms with Crippen LogP contribution in [-0.2, 0) is 13.6 Å². The Balaban J connectivity index is 1.99. The van der Waals surface area contributed by atoms with Crippen molar-refractivity contribution in [2.75, 3.05) is 13.1 Å². The lowest BCUT2D eigenvalue weighted by Crippen LogP contribution is -2.19. The van der Waals surface area contributed by atoms with E-state index in [1.807, 2.05) is 19.2 Å². The minimum atomic E-state index is -0.124. The van der Waals surface area contributed by atoms with Gasteiger partial charge in [0.15, 0.2) is 0 Å². The molecule has 1 N–H and O–H groups in total. The van der Waals surface area contributed by atoms with Crippen LogP contribution in [0.3, 0.4) is 0 Å². The fourth-order valence-corrected chi connectivity index (χ4v) is 3.54. The number of halogens is 1. The van der Waals surface area contributed by atoms with Gasteiger partial charge in [0.25, 0.3) is 5.56 Å². The highest BCUT2D eigenvalue weighted by molar-refractivity contribution is 6.31. The highest BCUT2D eigenvalue weighted by Crippen LogP contribution is 2.27. The Hall–Kier alpha value is -1.85. The van der Waals surface area contributed by atoms with Crippen molar-refractivity contribution in [3.8, 4) is 0 Å². The Labute approximate surface area is 132 Å². The minimum Gasteiger partial charge on any atom is -0.306 e. The first-order chi connectivity index (χ1) is 10.6. The Morgan fingerprint density at radius 3 is 2.82 bits per heavy atom. The van der Waals surface area contributed by atoms with Crippen molar-refractivity contribution in [3.63, 3.8) is 0 Å². The number of fused-ring (bicyclic) bond motifs is 3. The van der Waals surface area contributed by atoms with Crippen molar-refractivity contribution in [1.29, 1.82) is 0 Å². The molecule has 2 aromatic heterocycles. The van der Waals surface area contributed by atoms with Gasteiger partial charge in [-0.2, -0.15) is 5.10 Å². The van der Waals surface area contributed by atoms with Gasteiger partial charge in [-0.3, -0.25) is 14.4 Å². The molecule has 0 bridgehead atoms. The van der Waals surface area contributed by atoms with Crippen LogP contribution >= 0.6 is 11.6 Å². The van der Waals surface area contributed by atoms with Gasteiger partial charge in [0.1, 0.15) is 5.65 Å². The predicted octanol–water partition coefficient (Wildman–Crippen LogP) is 2.66. The zero-order valence-electron chi connectivity index (χ0n) is 12.4. The topological polar surface area (TPSA) is 53.9 Å². The summed E-state index contributed by atoms with van der Waals surface area (Å²) in [6, 6.07) is 5.47. The van der Waals surface area contributed by atoms with Crippen molar-refractivity contribution in [3.05, 3.63) is 39.3 Å². The van der Waals surface area contributed by atoms with Gasteiger partial charge in [-0.1, -0.05) is 17.7 Å². The van der Waals surface area contributed by atoms with Crippen LogP contribution in [0, 0.1) is 0 Å². The molecular formula is C16H17ClN4O.